The van der Waals surface area contributed by atoms with Crippen molar-refractivity contribution in [3.05, 3.63) is 44.0 Å². The average molecular weight is 404 g/mol. The number of carbonyl (C=O) groups excluding carboxylic acids is 1. The third kappa shape index (κ3) is 5.19. The largest absolute Gasteiger partial charge is 0.449 e. The second-order valence-electron chi connectivity index (χ2n) is 4.51. The lowest BCUT2D eigenvalue weighted by atomic mass is 10.2. The zero-order valence-electron chi connectivity index (χ0n) is 12.0. The Morgan fingerprint density at radius 3 is 2.82 bits per heavy atom. The van der Waals surface area contributed by atoms with E-state index in [0.717, 1.165) is 22.4 Å². The molecule has 118 valence electrons. The van der Waals surface area contributed by atoms with Crippen molar-refractivity contribution >= 4 is 56.3 Å². The third-order valence-electron chi connectivity index (χ3n) is 2.74. The minimum atomic E-state index is -0.493. The van der Waals surface area contributed by atoms with Crippen LogP contribution >= 0.6 is 38.9 Å². The maximum atomic E-state index is 11.5. The second-order valence-corrected chi connectivity index (χ2v) is 7.47. The number of rotatable bonds is 6. The molecule has 0 aliphatic rings. The van der Waals surface area contributed by atoms with Crippen molar-refractivity contribution in [2.75, 3.05) is 17.2 Å². The quantitative estimate of drug-likeness (QED) is 0.647. The number of thiophene rings is 1. The number of carbonyl (C=O) groups is 1. The molecule has 0 aliphatic heterocycles. The molecule has 1 amide bonds. The highest BCUT2D eigenvalue weighted by atomic mass is 79.9. The zero-order chi connectivity index (χ0) is 15.9. The monoisotopic (exact) mass is 402 g/mol. The van der Waals surface area contributed by atoms with Gasteiger partial charge in [-0.15, -0.1) is 11.3 Å². The van der Waals surface area contributed by atoms with Crippen LogP contribution in [-0.2, 0) is 11.3 Å². The van der Waals surface area contributed by atoms with Gasteiger partial charge in [0.05, 0.1) is 21.1 Å². The fraction of sp³-hybridized carbons (Fsp3) is 0.267. The third-order valence-corrected chi connectivity index (χ3v) is 4.68. The molecule has 0 saturated heterocycles. The van der Waals surface area contributed by atoms with Crippen LogP contribution in [0.15, 0.2) is 34.1 Å². The topological polar surface area (TPSA) is 50.4 Å². The Labute approximate surface area is 146 Å². The molecule has 0 unspecified atom stereocenters. The first kappa shape index (κ1) is 17.1. The molecule has 2 rings (SSSR count). The van der Waals surface area contributed by atoms with Gasteiger partial charge in [-0.2, -0.15) is 0 Å². The van der Waals surface area contributed by atoms with Crippen LogP contribution in [0.4, 0.5) is 16.2 Å². The molecular formula is C15H16BrClN2O2S. The molecule has 0 bridgehead atoms. The summed E-state index contributed by atoms with van der Waals surface area (Å²) in [6.45, 7) is 3.05. The van der Waals surface area contributed by atoms with E-state index in [1.807, 2.05) is 19.1 Å². The molecule has 2 N–H and O–H groups in total. The van der Waals surface area contributed by atoms with Crippen molar-refractivity contribution in [2.24, 2.45) is 0 Å². The van der Waals surface area contributed by atoms with E-state index in [2.05, 4.69) is 32.6 Å². The lowest BCUT2D eigenvalue weighted by Crippen LogP contribution is -2.14. The predicted octanol–water partition coefficient (Wildman–Crippen LogP) is 5.73. The van der Waals surface area contributed by atoms with Crippen molar-refractivity contribution in [1.82, 2.24) is 0 Å². The van der Waals surface area contributed by atoms with Crippen LogP contribution in [0.5, 0.6) is 0 Å². The van der Waals surface area contributed by atoms with E-state index in [4.69, 9.17) is 16.3 Å². The summed E-state index contributed by atoms with van der Waals surface area (Å²) in [5.74, 6) is 0. The number of ether oxygens (including phenoxy) is 1. The van der Waals surface area contributed by atoms with Gasteiger partial charge < -0.3 is 10.1 Å². The van der Waals surface area contributed by atoms with Crippen molar-refractivity contribution < 1.29 is 9.53 Å². The van der Waals surface area contributed by atoms with Gasteiger partial charge in [0.25, 0.3) is 0 Å². The predicted molar refractivity (Wildman–Crippen MR) is 96.1 cm³/mol. The standard InChI is InChI=1S/C15H16BrClN2O2S/c1-2-7-21-15(20)19-13-5-3-10(8-12(13)17)18-9-11-4-6-14(16)22-11/h3-6,8,18H,2,7,9H2,1H3,(H,19,20). The number of benzene rings is 1. The fourth-order valence-electron chi connectivity index (χ4n) is 1.70. The van der Waals surface area contributed by atoms with Crippen molar-refractivity contribution in [2.45, 2.75) is 19.9 Å². The Bertz CT molecular complexity index is 648. The van der Waals surface area contributed by atoms with Crippen molar-refractivity contribution in [3.8, 4) is 0 Å². The maximum absolute atomic E-state index is 11.5. The summed E-state index contributed by atoms with van der Waals surface area (Å²) >= 11 is 11.3. The van der Waals surface area contributed by atoms with E-state index in [9.17, 15) is 4.79 Å². The number of nitrogens with one attached hydrogen (secondary N) is 2. The highest BCUT2D eigenvalue weighted by Crippen LogP contribution is 2.27. The van der Waals surface area contributed by atoms with Gasteiger partial charge in [-0.3, -0.25) is 5.32 Å². The minimum absolute atomic E-state index is 0.388. The minimum Gasteiger partial charge on any atom is -0.449 e. The highest BCUT2D eigenvalue weighted by Gasteiger charge is 2.07. The van der Waals surface area contributed by atoms with Crippen LogP contribution in [0.2, 0.25) is 5.02 Å². The van der Waals surface area contributed by atoms with E-state index in [-0.39, 0.29) is 0 Å². The van der Waals surface area contributed by atoms with Crippen LogP contribution in [0.1, 0.15) is 18.2 Å². The summed E-state index contributed by atoms with van der Waals surface area (Å²) in [5.41, 5.74) is 1.43. The lowest BCUT2D eigenvalue weighted by Gasteiger charge is -2.10. The van der Waals surface area contributed by atoms with Gasteiger partial charge in [-0.05, 0) is 52.7 Å². The van der Waals surface area contributed by atoms with Gasteiger partial charge in [0, 0.05) is 17.1 Å². The number of hydrogen-bond donors (Lipinski definition) is 2. The van der Waals surface area contributed by atoms with E-state index in [1.54, 1.807) is 23.5 Å². The van der Waals surface area contributed by atoms with Crippen LogP contribution in [-0.4, -0.2) is 12.7 Å². The normalized spacial score (nSPS) is 10.3. The molecule has 0 fully saturated rings. The number of halogens is 2. The Balaban J connectivity index is 1.92. The van der Waals surface area contributed by atoms with Gasteiger partial charge in [0.2, 0.25) is 0 Å². The average Bonchev–Trinajstić information content (AvgIpc) is 2.91. The van der Waals surface area contributed by atoms with E-state index < -0.39 is 6.09 Å². The Morgan fingerprint density at radius 1 is 1.36 bits per heavy atom. The summed E-state index contributed by atoms with van der Waals surface area (Å²) in [6, 6.07) is 9.47. The summed E-state index contributed by atoms with van der Waals surface area (Å²) in [6.07, 6.45) is 0.288. The molecule has 1 aromatic heterocycles. The van der Waals surface area contributed by atoms with Crippen LogP contribution < -0.4 is 10.6 Å². The molecule has 4 nitrogen and oxygen atoms in total. The summed E-state index contributed by atoms with van der Waals surface area (Å²) < 4.78 is 6.06. The molecule has 2 aromatic rings. The van der Waals surface area contributed by atoms with Crippen LogP contribution in [0.3, 0.4) is 0 Å². The molecule has 22 heavy (non-hydrogen) atoms. The SMILES string of the molecule is CCCOC(=O)Nc1ccc(NCc2ccc(Br)s2)cc1Cl. The molecule has 0 saturated carbocycles. The summed E-state index contributed by atoms with van der Waals surface area (Å²) in [5, 5.41) is 6.38. The number of anilines is 2. The molecule has 1 heterocycles. The molecule has 7 heteroatoms. The van der Waals surface area contributed by atoms with Gasteiger partial charge in [0.1, 0.15) is 0 Å². The molecule has 0 aliphatic carbocycles. The van der Waals surface area contributed by atoms with Gasteiger partial charge >= 0.3 is 6.09 Å². The van der Waals surface area contributed by atoms with Crippen LogP contribution in [0, 0.1) is 0 Å². The number of amides is 1. The molecule has 1 aromatic carbocycles. The Kier molecular flexibility index (Phi) is 6.54. The summed E-state index contributed by atoms with van der Waals surface area (Å²) in [7, 11) is 0. The molecule has 0 radical (unpaired) electrons. The van der Waals surface area contributed by atoms with Crippen molar-refractivity contribution in [1.29, 1.82) is 0 Å². The fourth-order valence-corrected chi connectivity index (χ4v) is 3.35. The maximum Gasteiger partial charge on any atom is 0.411 e. The Hall–Kier alpha value is -1.24. The zero-order valence-corrected chi connectivity index (χ0v) is 15.1. The molecule has 0 spiro atoms. The first-order valence-electron chi connectivity index (χ1n) is 6.80. The first-order chi connectivity index (χ1) is 10.6. The van der Waals surface area contributed by atoms with E-state index >= 15 is 0 Å². The highest BCUT2D eigenvalue weighted by molar-refractivity contribution is 9.11. The first-order valence-corrected chi connectivity index (χ1v) is 8.78. The lowest BCUT2D eigenvalue weighted by molar-refractivity contribution is 0.161. The van der Waals surface area contributed by atoms with E-state index in [0.29, 0.717) is 17.3 Å². The molecular weight excluding hydrogens is 388 g/mol. The van der Waals surface area contributed by atoms with Gasteiger partial charge in [-0.1, -0.05) is 18.5 Å². The summed E-state index contributed by atoms with van der Waals surface area (Å²) in [4.78, 5) is 12.7. The Morgan fingerprint density at radius 2 is 2.18 bits per heavy atom. The van der Waals surface area contributed by atoms with Gasteiger partial charge in [0.15, 0.2) is 0 Å². The van der Waals surface area contributed by atoms with Crippen molar-refractivity contribution in [3.63, 3.8) is 0 Å². The molecule has 0 atom stereocenters. The van der Waals surface area contributed by atoms with Crippen LogP contribution in [0.25, 0.3) is 0 Å². The van der Waals surface area contributed by atoms with E-state index in [1.165, 1.54) is 4.88 Å². The second kappa shape index (κ2) is 8.41. The number of hydrogen-bond acceptors (Lipinski definition) is 4. The smallest absolute Gasteiger partial charge is 0.411 e. The van der Waals surface area contributed by atoms with Gasteiger partial charge in [-0.25, -0.2) is 4.79 Å².